The molecule has 3 N–H and O–H groups in total. The van der Waals surface area contributed by atoms with Gasteiger partial charge in [-0.1, -0.05) is 0 Å². The van der Waals surface area contributed by atoms with Gasteiger partial charge in [-0.25, -0.2) is 4.99 Å². The average Bonchev–Trinajstić information content (AvgIpc) is 3.14. The highest BCUT2D eigenvalue weighted by molar-refractivity contribution is 7.08. The zero-order chi connectivity index (χ0) is 15.1. The summed E-state index contributed by atoms with van der Waals surface area (Å²) >= 11 is 1.58. The maximum Gasteiger partial charge on any atom is 0.191 e. The summed E-state index contributed by atoms with van der Waals surface area (Å²) in [5.74, 6) is 0.725. The van der Waals surface area contributed by atoms with Crippen LogP contribution in [0.15, 0.2) is 21.8 Å². The van der Waals surface area contributed by atoms with Crippen LogP contribution in [0.5, 0.6) is 0 Å². The zero-order valence-electron chi connectivity index (χ0n) is 12.8. The third kappa shape index (κ3) is 4.98. The molecule has 2 heterocycles. The van der Waals surface area contributed by atoms with Gasteiger partial charge in [-0.3, -0.25) is 0 Å². The van der Waals surface area contributed by atoms with Gasteiger partial charge in [0.15, 0.2) is 5.96 Å². The first-order chi connectivity index (χ1) is 10.1. The molecule has 0 aliphatic carbocycles. The second-order valence-electron chi connectivity index (χ2n) is 5.50. The summed E-state index contributed by atoms with van der Waals surface area (Å²) in [6.45, 7) is 6.55. The van der Waals surface area contributed by atoms with Gasteiger partial charge in [0.2, 0.25) is 0 Å². The molecule has 0 radical (unpaired) electrons. The summed E-state index contributed by atoms with van der Waals surface area (Å²) in [5, 5.41) is 20.9. The van der Waals surface area contributed by atoms with Crippen LogP contribution in [0.25, 0.3) is 0 Å². The van der Waals surface area contributed by atoms with E-state index in [2.05, 4.69) is 15.6 Å². The summed E-state index contributed by atoms with van der Waals surface area (Å²) in [7, 11) is 0. The van der Waals surface area contributed by atoms with Crippen molar-refractivity contribution in [1.29, 1.82) is 0 Å². The third-order valence-corrected chi connectivity index (χ3v) is 4.24. The van der Waals surface area contributed by atoms with Crippen molar-refractivity contribution in [3.8, 4) is 0 Å². The molecule has 5 nitrogen and oxygen atoms in total. The largest absolute Gasteiger partial charge is 0.383 e. The number of nitrogens with one attached hydrogen (secondary N) is 2. The highest BCUT2D eigenvalue weighted by Crippen LogP contribution is 2.23. The molecule has 1 aromatic rings. The number of aliphatic imine (C=N–C) groups is 1. The fourth-order valence-electron chi connectivity index (χ4n) is 2.25. The van der Waals surface area contributed by atoms with E-state index in [9.17, 15) is 5.11 Å². The minimum absolute atomic E-state index is 0.270. The number of ether oxygens (including phenoxy) is 1. The minimum atomic E-state index is -0.938. The Labute approximate surface area is 130 Å². The Morgan fingerprint density at radius 1 is 1.57 bits per heavy atom. The molecule has 0 bridgehead atoms. The maximum absolute atomic E-state index is 10.5. The molecule has 0 aromatic carbocycles. The number of hydrogen-bond acceptors (Lipinski definition) is 4. The Kier molecular flexibility index (Phi) is 6.02. The average molecular weight is 311 g/mol. The molecule has 2 atom stereocenters. The molecular formula is C15H25N3O2S. The Bertz CT molecular complexity index is 440. The molecule has 118 valence electrons. The van der Waals surface area contributed by atoms with Gasteiger partial charge in [-0.2, -0.15) is 11.3 Å². The van der Waals surface area contributed by atoms with Crippen molar-refractivity contribution in [2.45, 2.75) is 38.4 Å². The Balaban J connectivity index is 1.90. The van der Waals surface area contributed by atoms with E-state index in [-0.39, 0.29) is 6.10 Å². The molecule has 1 aromatic heterocycles. The van der Waals surface area contributed by atoms with Crippen LogP contribution < -0.4 is 10.6 Å². The lowest BCUT2D eigenvalue weighted by atomic mass is 10.00. The van der Waals surface area contributed by atoms with Crippen LogP contribution in [0.1, 0.15) is 32.3 Å². The van der Waals surface area contributed by atoms with Gasteiger partial charge in [0, 0.05) is 19.7 Å². The van der Waals surface area contributed by atoms with Gasteiger partial charge in [0.25, 0.3) is 0 Å². The first kappa shape index (κ1) is 16.3. The predicted molar refractivity (Wildman–Crippen MR) is 86.8 cm³/mol. The quantitative estimate of drug-likeness (QED) is 0.552. The van der Waals surface area contributed by atoms with Crippen molar-refractivity contribution in [2.24, 2.45) is 4.99 Å². The lowest BCUT2D eigenvalue weighted by Crippen LogP contribution is -2.42. The Morgan fingerprint density at radius 3 is 3.05 bits per heavy atom. The second kappa shape index (κ2) is 7.77. The highest BCUT2D eigenvalue weighted by atomic mass is 32.1. The van der Waals surface area contributed by atoms with E-state index < -0.39 is 5.60 Å². The molecule has 2 unspecified atom stereocenters. The zero-order valence-corrected chi connectivity index (χ0v) is 13.6. The smallest absolute Gasteiger partial charge is 0.191 e. The van der Waals surface area contributed by atoms with Crippen LogP contribution in [-0.4, -0.2) is 43.4 Å². The number of rotatable bonds is 6. The van der Waals surface area contributed by atoms with Crippen molar-refractivity contribution in [3.63, 3.8) is 0 Å². The Hall–Kier alpha value is -1.11. The van der Waals surface area contributed by atoms with Gasteiger partial charge >= 0.3 is 0 Å². The monoisotopic (exact) mass is 311 g/mol. The van der Waals surface area contributed by atoms with E-state index in [1.165, 1.54) is 0 Å². The molecule has 1 saturated heterocycles. The molecule has 21 heavy (non-hydrogen) atoms. The standard InChI is InChI=1S/C15H25N3O2S/c1-3-16-14(17-9-13-5-4-7-20-13)18-11-15(2,19)12-6-8-21-10-12/h6,8,10,13,19H,3-5,7,9,11H2,1-2H3,(H2,16,17,18). The number of hydrogen-bond donors (Lipinski definition) is 3. The first-order valence-corrected chi connectivity index (χ1v) is 8.45. The van der Waals surface area contributed by atoms with Crippen molar-refractivity contribution in [1.82, 2.24) is 10.6 Å². The topological polar surface area (TPSA) is 65.9 Å². The summed E-state index contributed by atoms with van der Waals surface area (Å²) in [5.41, 5.74) is -0.0297. The van der Waals surface area contributed by atoms with Crippen molar-refractivity contribution < 1.29 is 9.84 Å². The molecule has 6 heteroatoms. The second-order valence-corrected chi connectivity index (χ2v) is 6.28. The minimum Gasteiger partial charge on any atom is -0.383 e. The third-order valence-electron chi connectivity index (χ3n) is 3.55. The molecule has 1 fully saturated rings. The SMILES string of the molecule is CCNC(=NCC(C)(O)c1ccsc1)NCC1CCCO1. The fourth-order valence-corrected chi connectivity index (χ4v) is 3.04. The molecule has 0 amide bonds. The predicted octanol–water partition coefficient (Wildman–Crippen LogP) is 1.69. The summed E-state index contributed by atoms with van der Waals surface area (Å²) < 4.78 is 5.59. The van der Waals surface area contributed by atoms with Gasteiger partial charge < -0.3 is 20.5 Å². The lowest BCUT2D eigenvalue weighted by molar-refractivity contribution is 0.0676. The van der Waals surface area contributed by atoms with Gasteiger partial charge in [0.1, 0.15) is 5.60 Å². The molecule has 0 spiro atoms. The highest BCUT2D eigenvalue weighted by Gasteiger charge is 2.23. The van der Waals surface area contributed by atoms with Gasteiger partial charge in [-0.15, -0.1) is 0 Å². The first-order valence-electron chi connectivity index (χ1n) is 7.50. The van der Waals surface area contributed by atoms with E-state index in [0.717, 1.165) is 44.1 Å². The maximum atomic E-state index is 10.5. The van der Waals surface area contributed by atoms with Gasteiger partial charge in [-0.05, 0) is 49.1 Å². The molecule has 2 rings (SSSR count). The summed E-state index contributed by atoms with van der Waals surface area (Å²) in [6, 6.07) is 1.94. The van der Waals surface area contributed by atoms with E-state index in [4.69, 9.17) is 4.74 Å². The van der Waals surface area contributed by atoms with Crippen LogP contribution in [0.4, 0.5) is 0 Å². The number of aliphatic hydroxyl groups is 1. The molecule has 0 saturated carbocycles. The summed E-state index contributed by atoms with van der Waals surface area (Å²) in [6.07, 6.45) is 2.50. The van der Waals surface area contributed by atoms with Crippen LogP contribution in [0.3, 0.4) is 0 Å². The lowest BCUT2D eigenvalue weighted by Gasteiger charge is -2.21. The summed E-state index contributed by atoms with van der Waals surface area (Å²) in [4.78, 5) is 4.50. The van der Waals surface area contributed by atoms with Crippen LogP contribution >= 0.6 is 11.3 Å². The van der Waals surface area contributed by atoms with Gasteiger partial charge in [0.05, 0.1) is 12.6 Å². The number of nitrogens with zero attached hydrogens (tertiary/aromatic N) is 1. The van der Waals surface area contributed by atoms with Crippen molar-refractivity contribution in [3.05, 3.63) is 22.4 Å². The normalized spacial score (nSPS) is 22.0. The Morgan fingerprint density at radius 2 is 2.43 bits per heavy atom. The van der Waals surface area contributed by atoms with Crippen molar-refractivity contribution in [2.75, 3.05) is 26.2 Å². The van der Waals surface area contributed by atoms with E-state index in [1.54, 1.807) is 18.3 Å². The molecule has 1 aliphatic heterocycles. The molecular weight excluding hydrogens is 286 g/mol. The number of thiophene rings is 1. The van der Waals surface area contributed by atoms with Crippen molar-refractivity contribution >= 4 is 17.3 Å². The van der Waals surface area contributed by atoms with E-state index in [0.29, 0.717) is 6.54 Å². The van der Waals surface area contributed by atoms with E-state index >= 15 is 0 Å². The van der Waals surface area contributed by atoms with E-state index in [1.807, 2.05) is 23.8 Å². The molecule has 1 aliphatic rings. The fraction of sp³-hybridized carbons (Fsp3) is 0.667. The number of guanidine groups is 1. The van der Waals surface area contributed by atoms with Crippen LogP contribution in [0, 0.1) is 0 Å². The van der Waals surface area contributed by atoms with Crippen LogP contribution in [-0.2, 0) is 10.3 Å². The van der Waals surface area contributed by atoms with Crippen LogP contribution in [0.2, 0.25) is 0 Å².